The van der Waals surface area contributed by atoms with Crippen LogP contribution in [0, 0.1) is 13.8 Å². The molecule has 0 spiro atoms. The Bertz CT molecular complexity index is 405. The minimum atomic E-state index is 0. The second kappa shape index (κ2) is 7.28. The van der Waals surface area contributed by atoms with Gasteiger partial charge in [-0.15, -0.1) is 36.2 Å². The first-order chi connectivity index (χ1) is 7.59. The Morgan fingerprint density at radius 2 is 2.11 bits per heavy atom. The monoisotopic (exact) mass is 311 g/mol. The average Bonchev–Trinajstić information content (AvgIpc) is 2.85. The van der Waals surface area contributed by atoms with Gasteiger partial charge in [-0.2, -0.15) is 0 Å². The number of amides is 1. The van der Waals surface area contributed by atoms with Gasteiger partial charge < -0.3 is 10.2 Å². The van der Waals surface area contributed by atoms with Gasteiger partial charge in [0.15, 0.2) is 0 Å². The van der Waals surface area contributed by atoms with Crippen molar-refractivity contribution in [1.29, 1.82) is 0 Å². The SMILES string of the molecule is Cc1nc(C)c(C(=O)N(C)C2CCNC2)s1.Cl.Cl. The first-order valence-electron chi connectivity index (χ1n) is 5.51. The van der Waals surface area contributed by atoms with E-state index in [1.807, 2.05) is 25.8 Å². The van der Waals surface area contributed by atoms with Gasteiger partial charge in [0.1, 0.15) is 4.88 Å². The topological polar surface area (TPSA) is 45.2 Å². The van der Waals surface area contributed by atoms with E-state index in [1.165, 1.54) is 11.3 Å². The van der Waals surface area contributed by atoms with Crippen LogP contribution in [0.25, 0.3) is 0 Å². The summed E-state index contributed by atoms with van der Waals surface area (Å²) in [4.78, 5) is 19.2. The molecule has 104 valence electrons. The summed E-state index contributed by atoms with van der Waals surface area (Å²) in [7, 11) is 1.88. The van der Waals surface area contributed by atoms with Crippen LogP contribution in [0.3, 0.4) is 0 Å². The lowest BCUT2D eigenvalue weighted by atomic mass is 10.2. The number of hydrogen-bond donors (Lipinski definition) is 1. The quantitative estimate of drug-likeness (QED) is 0.909. The highest BCUT2D eigenvalue weighted by molar-refractivity contribution is 7.13. The van der Waals surface area contributed by atoms with Gasteiger partial charge >= 0.3 is 0 Å². The van der Waals surface area contributed by atoms with Crippen molar-refractivity contribution in [2.45, 2.75) is 26.3 Å². The van der Waals surface area contributed by atoms with Crippen LogP contribution in [-0.2, 0) is 0 Å². The molecule has 2 heterocycles. The van der Waals surface area contributed by atoms with Crippen molar-refractivity contribution in [3.63, 3.8) is 0 Å². The number of rotatable bonds is 2. The molecule has 2 rings (SSSR count). The maximum atomic E-state index is 12.2. The van der Waals surface area contributed by atoms with Crippen LogP contribution < -0.4 is 5.32 Å². The Morgan fingerprint density at radius 3 is 2.56 bits per heavy atom. The molecule has 7 heteroatoms. The second-order valence-electron chi connectivity index (χ2n) is 4.21. The van der Waals surface area contributed by atoms with E-state index in [-0.39, 0.29) is 30.7 Å². The number of aromatic nitrogens is 1. The number of halogens is 2. The molecule has 1 fully saturated rings. The molecule has 0 saturated carbocycles. The molecule has 18 heavy (non-hydrogen) atoms. The molecule has 0 aromatic carbocycles. The molecule has 1 aliphatic rings. The number of carbonyl (C=O) groups excluding carboxylic acids is 1. The van der Waals surface area contributed by atoms with Gasteiger partial charge in [0.05, 0.1) is 10.7 Å². The smallest absolute Gasteiger partial charge is 0.265 e. The number of aryl methyl sites for hydroxylation is 2. The zero-order valence-electron chi connectivity index (χ0n) is 10.7. The Hall–Kier alpha value is -0.360. The molecule has 4 nitrogen and oxygen atoms in total. The first-order valence-corrected chi connectivity index (χ1v) is 6.33. The summed E-state index contributed by atoms with van der Waals surface area (Å²) in [6, 6.07) is 0.328. The molecule has 0 aliphatic carbocycles. The van der Waals surface area contributed by atoms with Crippen molar-refractivity contribution in [2.75, 3.05) is 20.1 Å². The van der Waals surface area contributed by atoms with E-state index in [1.54, 1.807) is 0 Å². The molecule has 1 amide bonds. The summed E-state index contributed by atoms with van der Waals surface area (Å²) in [5, 5.41) is 4.23. The summed E-state index contributed by atoms with van der Waals surface area (Å²) in [5.41, 5.74) is 0.852. The number of carbonyl (C=O) groups is 1. The fourth-order valence-corrected chi connectivity index (χ4v) is 2.93. The Kier molecular flexibility index (Phi) is 7.14. The molecule has 1 N–H and O–H groups in total. The molecule has 0 radical (unpaired) electrons. The number of nitrogens with one attached hydrogen (secondary N) is 1. The van der Waals surface area contributed by atoms with Crippen LogP contribution in [0.2, 0.25) is 0 Å². The van der Waals surface area contributed by atoms with Crippen molar-refractivity contribution in [2.24, 2.45) is 0 Å². The summed E-state index contributed by atoms with van der Waals surface area (Å²) in [6.07, 6.45) is 1.04. The first kappa shape index (κ1) is 17.6. The van der Waals surface area contributed by atoms with E-state index in [2.05, 4.69) is 10.3 Å². The van der Waals surface area contributed by atoms with Crippen LogP contribution in [0.4, 0.5) is 0 Å². The fraction of sp³-hybridized carbons (Fsp3) is 0.636. The van der Waals surface area contributed by atoms with Crippen molar-refractivity contribution in [3.05, 3.63) is 15.6 Å². The van der Waals surface area contributed by atoms with Crippen LogP contribution >= 0.6 is 36.2 Å². The number of nitrogens with zero attached hydrogens (tertiary/aromatic N) is 2. The van der Waals surface area contributed by atoms with E-state index in [0.29, 0.717) is 6.04 Å². The molecule has 1 aromatic rings. The van der Waals surface area contributed by atoms with Crippen LogP contribution in [-0.4, -0.2) is 42.0 Å². The molecule has 0 bridgehead atoms. The fourth-order valence-electron chi connectivity index (χ4n) is 2.03. The van der Waals surface area contributed by atoms with Crippen LogP contribution in [0.15, 0.2) is 0 Å². The predicted molar refractivity (Wildman–Crippen MR) is 79.5 cm³/mol. The van der Waals surface area contributed by atoms with Crippen LogP contribution in [0.1, 0.15) is 26.8 Å². The van der Waals surface area contributed by atoms with E-state index in [9.17, 15) is 4.79 Å². The maximum Gasteiger partial charge on any atom is 0.265 e. The maximum absolute atomic E-state index is 12.2. The lowest BCUT2D eigenvalue weighted by Crippen LogP contribution is -2.38. The minimum absolute atomic E-state index is 0. The third-order valence-corrected chi connectivity index (χ3v) is 4.06. The van der Waals surface area contributed by atoms with E-state index in [4.69, 9.17) is 0 Å². The van der Waals surface area contributed by atoms with Gasteiger partial charge in [-0.3, -0.25) is 4.79 Å². The van der Waals surface area contributed by atoms with Gasteiger partial charge in [-0.1, -0.05) is 0 Å². The molecular formula is C11H19Cl2N3OS. The summed E-state index contributed by atoms with van der Waals surface area (Å²) >= 11 is 1.49. The largest absolute Gasteiger partial charge is 0.337 e. The van der Waals surface area contributed by atoms with Gasteiger partial charge in [0.25, 0.3) is 5.91 Å². The standard InChI is InChI=1S/C11H17N3OS.2ClH/c1-7-10(16-8(2)13-7)11(15)14(3)9-4-5-12-6-9;;/h9,12H,4-6H2,1-3H3;2*1H. The predicted octanol–water partition coefficient (Wildman–Crippen LogP) is 2.04. The lowest BCUT2D eigenvalue weighted by molar-refractivity contribution is 0.0747. The molecule has 1 aromatic heterocycles. The van der Waals surface area contributed by atoms with E-state index < -0.39 is 0 Å². The Morgan fingerprint density at radius 1 is 1.44 bits per heavy atom. The minimum Gasteiger partial charge on any atom is -0.337 e. The number of likely N-dealkylation sites (N-methyl/N-ethyl adjacent to an activating group) is 1. The summed E-state index contributed by atoms with van der Waals surface area (Å²) in [6.45, 7) is 5.74. The zero-order valence-corrected chi connectivity index (χ0v) is 13.2. The Balaban J connectivity index is 0.00000144. The average molecular weight is 312 g/mol. The van der Waals surface area contributed by atoms with Gasteiger partial charge in [0, 0.05) is 19.6 Å². The third kappa shape index (κ3) is 3.57. The van der Waals surface area contributed by atoms with Crippen molar-refractivity contribution in [3.8, 4) is 0 Å². The second-order valence-corrected chi connectivity index (χ2v) is 5.41. The van der Waals surface area contributed by atoms with Crippen molar-refractivity contribution >= 4 is 42.1 Å². The van der Waals surface area contributed by atoms with Crippen molar-refractivity contribution in [1.82, 2.24) is 15.2 Å². The van der Waals surface area contributed by atoms with Crippen LogP contribution in [0.5, 0.6) is 0 Å². The molecular weight excluding hydrogens is 293 g/mol. The number of hydrogen-bond acceptors (Lipinski definition) is 4. The third-order valence-electron chi connectivity index (χ3n) is 3.00. The normalized spacial score (nSPS) is 17.8. The van der Waals surface area contributed by atoms with Gasteiger partial charge in [-0.05, 0) is 26.8 Å². The molecule has 1 saturated heterocycles. The van der Waals surface area contributed by atoms with Gasteiger partial charge in [-0.25, -0.2) is 4.98 Å². The summed E-state index contributed by atoms with van der Waals surface area (Å²) < 4.78 is 0. The number of thiazole rings is 1. The van der Waals surface area contributed by atoms with E-state index in [0.717, 1.165) is 35.1 Å². The molecule has 1 atom stereocenters. The molecule has 1 aliphatic heterocycles. The van der Waals surface area contributed by atoms with Crippen molar-refractivity contribution < 1.29 is 4.79 Å². The molecule has 1 unspecified atom stereocenters. The summed E-state index contributed by atoms with van der Waals surface area (Å²) in [5.74, 6) is 0.108. The lowest BCUT2D eigenvalue weighted by Gasteiger charge is -2.23. The highest BCUT2D eigenvalue weighted by Crippen LogP contribution is 2.20. The Labute approximate surface area is 124 Å². The highest BCUT2D eigenvalue weighted by Gasteiger charge is 2.26. The van der Waals surface area contributed by atoms with E-state index >= 15 is 0 Å². The highest BCUT2D eigenvalue weighted by atomic mass is 35.5. The zero-order chi connectivity index (χ0) is 11.7. The van der Waals surface area contributed by atoms with Gasteiger partial charge in [0.2, 0.25) is 0 Å².